The van der Waals surface area contributed by atoms with Crippen molar-refractivity contribution in [2.24, 2.45) is 5.92 Å². The van der Waals surface area contributed by atoms with E-state index in [0.717, 1.165) is 25.1 Å². The van der Waals surface area contributed by atoms with Crippen molar-refractivity contribution in [1.82, 2.24) is 5.32 Å². The largest absolute Gasteiger partial charge is 0.399 e. The third-order valence-electron chi connectivity index (χ3n) is 2.85. The van der Waals surface area contributed by atoms with E-state index in [1.165, 1.54) is 0 Å². The third kappa shape index (κ3) is 2.57. The molecular formula is C12H16N2O. The van der Waals surface area contributed by atoms with E-state index in [2.05, 4.69) is 5.32 Å². The molecule has 1 atom stereocenters. The van der Waals surface area contributed by atoms with Crippen LogP contribution in [0.25, 0.3) is 0 Å². The van der Waals surface area contributed by atoms with Crippen LogP contribution in [0.4, 0.5) is 5.69 Å². The summed E-state index contributed by atoms with van der Waals surface area (Å²) in [6, 6.07) is 7.22. The summed E-state index contributed by atoms with van der Waals surface area (Å²) in [4.78, 5) is 11.9. The van der Waals surface area contributed by atoms with Gasteiger partial charge in [0.25, 0.3) is 0 Å². The first kappa shape index (κ1) is 10.2. The fraction of sp³-hybridized carbons (Fsp3) is 0.417. The molecule has 0 aromatic heterocycles. The number of benzene rings is 1. The first-order valence-corrected chi connectivity index (χ1v) is 5.35. The van der Waals surface area contributed by atoms with Crippen molar-refractivity contribution >= 4 is 11.5 Å². The molecule has 0 radical (unpaired) electrons. The van der Waals surface area contributed by atoms with Crippen LogP contribution in [0, 0.1) is 5.92 Å². The molecular weight excluding hydrogens is 188 g/mol. The van der Waals surface area contributed by atoms with Gasteiger partial charge >= 0.3 is 0 Å². The molecule has 1 aromatic carbocycles. The molecule has 1 fully saturated rings. The minimum Gasteiger partial charge on any atom is -0.399 e. The van der Waals surface area contributed by atoms with Gasteiger partial charge in [0.15, 0.2) is 5.78 Å². The molecule has 1 saturated heterocycles. The Morgan fingerprint density at radius 2 is 2.40 bits per heavy atom. The van der Waals surface area contributed by atoms with Gasteiger partial charge in [0.05, 0.1) is 0 Å². The minimum absolute atomic E-state index is 0.205. The van der Waals surface area contributed by atoms with Crippen molar-refractivity contribution in [2.45, 2.75) is 12.8 Å². The average Bonchev–Trinajstić information content (AvgIpc) is 2.70. The van der Waals surface area contributed by atoms with E-state index in [4.69, 9.17) is 5.73 Å². The van der Waals surface area contributed by atoms with Crippen LogP contribution in [-0.4, -0.2) is 18.9 Å². The molecule has 3 N–H and O–H groups in total. The molecule has 0 aliphatic carbocycles. The van der Waals surface area contributed by atoms with Crippen molar-refractivity contribution in [3.63, 3.8) is 0 Å². The van der Waals surface area contributed by atoms with Gasteiger partial charge in [-0.25, -0.2) is 0 Å². The van der Waals surface area contributed by atoms with Crippen LogP contribution in [0.3, 0.4) is 0 Å². The molecule has 0 saturated carbocycles. The van der Waals surface area contributed by atoms with Crippen molar-refractivity contribution in [1.29, 1.82) is 0 Å². The van der Waals surface area contributed by atoms with E-state index in [1.54, 1.807) is 12.1 Å². The van der Waals surface area contributed by atoms with E-state index in [9.17, 15) is 4.79 Å². The maximum atomic E-state index is 11.9. The van der Waals surface area contributed by atoms with Crippen molar-refractivity contribution < 1.29 is 4.79 Å². The van der Waals surface area contributed by atoms with Crippen molar-refractivity contribution in [3.8, 4) is 0 Å². The lowest BCUT2D eigenvalue weighted by molar-refractivity contribution is 0.0964. The second kappa shape index (κ2) is 4.45. The van der Waals surface area contributed by atoms with Gasteiger partial charge < -0.3 is 11.1 Å². The standard InChI is InChI=1S/C12H16N2O/c13-11-3-1-2-10(7-11)12(15)6-9-4-5-14-8-9/h1-3,7,9,14H,4-6,8,13H2. The smallest absolute Gasteiger partial charge is 0.163 e. The highest BCUT2D eigenvalue weighted by Crippen LogP contribution is 2.17. The van der Waals surface area contributed by atoms with E-state index in [0.29, 0.717) is 18.0 Å². The van der Waals surface area contributed by atoms with Gasteiger partial charge in [0, 0.05) is 17.7 Å². The molecule has 15 heavy (non-hydrogen) atoms. The second-order valence-electron chi connectivity index (χ2n) is 4.11. The predicted octanol–water partition coefficient (Wildman–Crippen LogP) is 1.45. The van der Waals surface area contributed by atoms with E-state index in [1.807, 2.05) is 12.1 Å². The van der Waals surface area contributed by atoms with Gasteiger partial charge in [-0.2, -0.15) is 0 Å². The zero-order valence-corrected chi connectivity index (χ0v) is 8.70. The Labute approximate surface area is 89.7 Å². The van der Waals surface area contributed by atoms with E-state index in [-0.39, 0.29) is 5.78 Å². The summed E-state index contributed by atoms with van der Waals surface area (Å²) in [6.45, 7) is 2.00. The fourth-order valence-corrected chi connectivity index (χ4v) is 1.98. The molecule has 2 rings (SSSR count). The molecule has 0 spiro atoms. The van der Waals surface area contributed by atoms with Crippen LogP contribution >= 0.6 is 0 Å². The highest BCUT2D eigenvalue weighted by Gasteiger charge is 2.18. The van der Waals surface area contributed by atoms with E-state index < -0.39 is 0 Å². The third-order valence-corrected chi connectivity index (χ3v) is 2.85. The highest BCUT2D eigenvalue weighted by molar-refractivity contribution is 5.96. The van der Waals surface area contributed by atoms with Crippen LogP contribution in [0.15, 0.2) is 24.3 Å². The molecule has 3 heteroatoms. The molecule has 1 heterocycles. The van der Waals surface area contributed by atoms with Crippen LogP contribution in [0.1, 0.15) is 23.2 Å². The minimum atomic E-state index is 0.205. The fourth-order valence-electron chi connectivity index (χ4n) is 1.98. The van der Waals surface area contributed by atoms with Crippen LogP contribution in [-0.2, 0) is 0 Å². The number of ketones is 1. The summed E-state index contributed by atoms with van der Waals surface area (Å²) in [5, 5.41) is 3.26. The molecule has 0 amide bonds. The molecule has 80 valence electrons. The number of Topliss-reactive ketones (excluding diaryl/α,β-unsaturated/α-hetero) is 1. The lowest BCUT2D eigenvalue weighted by atomic mass is 9.97. The Morgan fingerprint density at radius 3 is 3.07 bits per heavy atom. The van der Waals surface area contributed by atoms with E-state index >= 15 is 0 Å². The SMILES string of the molecule is Nc1cccc(C(=O)CC2CCNC2)c1. The maximum Gasteiger partial charge on any atom is 0.163 e. The Morgan fingerprint density at radius 1 is 1.53 bits per heavy atom. The van der Waals surface area contributed by atoms with Crippen LogP contribution in [0.5, 0.6) is 0 Å². The monoisotopic (exact) mass is 204 g/mol. The van der Waals surface area contributed by atoms with Gasteiger partial charge in [0.1, 0.15) is 0 Å². The molecule has 1 unspecified atom stereocenters. The van der Waals surface area contributed by atoms with Gasteiger partial charge in [-0.3, -0.25) is 4.79 Å². The summed E-state index contributed by atoms with van der Waals surface area (Å²) < 4.78 is 0. The number of carbonyl (C=O) groups excluding carboxylic acids is 1. The van der Waals surface area contributed by atoms with Crippen molar-refractivity contribution in [2.75, 3.05) is 18.8 Å². The summed E-state index contributed by atoms with van der Waals surface area (Å²) in [7, 11) is 0. The zero-order valence-electron chi connectivity index (χ0n) is 8.70. The number of nitrogens with one attached hydrogen (secondary N) is 1. The Kier molecular flexibility index (Phi) is 3.02. The zero-order chi connectivity index (χ0) is 10.7. The molecule has 1 aliphatic rings. The van der Waals surface area contributed by atoms with Crippen molar-refractivity contribution in [3.05, 3.63) is 29.8 Å². The topological polar surface area (TPSA) is 55.1 Å². The Hall–Kier alpha value is -1.35. The Bertz CT molecular complexity index is 356. The second-order valence-corrected chi connectivity index (χ2v) is 4.11. The lowest BCUT2D eigenvalue weighted by Gasteiger charge is -2.07. The number of anilines is 1. The van der Waals surface area contributed by atoms with Gasteiger partial charge in [0.2, 0.25) is 0 Å². The molecule has 0 bridgehead atoms. The molecule has 3 nitrogen and oxygen atoms in total. The summed E-state index contributed by atoms with van der Waals surface area (Å²) in [5.74, 6) is 0.704. The number of nitrogen functional groups attached to an aromatic ring is 1. The normalized spacial score (nSPS) is 20.4. The lowest BCUT2D eigenvalue weighted by Crippen LogP contribution is -2.13. The number of nitrogens with two attached hydrogens (primary N) is 1. The van der Waals surface area contributed by atoms with Crippen LogP contribution < -0.4 is 11.1 Å². The average molecular weight is 204 g/mol. The number of hydrogen-bond donors (Lipinski definition) is 2. The highest BCUT2D eigenvalue weighted by atomic mass is 16.1. The molecule has 1 aliphatic heterocycles. The van der Waals surface area contributed by atoms with Crippen LogP contribution in [0.2, 0.25) is 0 Å². The summed E-state index contributed by atoms with van der Waals surface area (Å²) >= 11 is 0. The predicted molar refractivity (Wildman–Crippen MR) is 60.8 cm³/mol. The maximum absolute atomic E-state index is 11.9. The van der Waals surface area contributed by atoms with Gasteiger partial charge in [-0.05, 0) is 37.6 Å². The van der Waals surface area contributed by atoms with Gasteiger partial charge in [-0.1, -0.05) is 12.1 Å². The quantitative estimate of drug-likeness (QED) is 0.579. The Balaban J connectivity index is 2.01. The number of carbonyl (C=O) groups is 1. The number of rotatable bonds is 3. The first-order valence-electron chi connectivity index (χ1n) is 5.35. The molecule has 1 aromatic rings. The summed E-state index contributed by atoms with van der Waals surface area (Å²) in [5.41, 5.74) is 7.04. The summed E-state index contributed by atoms with van der Waals surface area (Å²) in [6.07, 6.45) is 1.74. The van der Waals surface area contributed by atoms with Gasteiger partial charge in [-0.15, -0.1) is 0 Å². The first-order chi connectivity index (χ1) is 7.25. The number of hydrogen-bond acceptors (Lipinski definition) is 3.